The van der Waals surface area contributed by atoms with E-state index in [1.54, 1.807) is 6.08 Å². The number of ether oxygens (including phenoxy) is 1. The molecule has 1 aromatic carbocycles. The number of halogens is 4. The quantitative estimate of drug-likeness (QED) is 0.691. The van der Waals surface area contributed by atoms with Crippen LogP contribution in [0.15, 0.2) is 47.1 Å². The van der Waals surface area contributed by atoms with Gasteiger partial charge in [0.1, 0.15) is 18.2 Å². The molecule has 1 aliphatic heterocycles. The summed E-state index contributed by atoms with van der Waals surface area (Å²) in [4.78, 5) is 1.25. The first kappa shape index (κ1) is 17.2. The Labute approximate surface area is 141 Å². The van der Waals surface area contributed by atoms with Gasteiger partial charge in [-0.05, 0) is 40.2 Å². The highest BCUT2D eigenvalue weighted by Crippen LogP contribution is 2.38. The molecule has 0 radical (unpaired) electrons. The van der Waals surface area contributed by atoms with Crippen LogP contribution in [0, 0.1) is 18.2 Å². The molecule has 0 spiro atoms. The molecule has 2 nitrogen and oxygen atoms in total. The maximum absolute atomic E-state index is 14.3. The summed E-state index contributed by atoms with van der Waals surface area (Å²) in [7, 11) is 0. The number of allylic oxidation sites excluding steroid dienone is 3. The van der Waals surface area contributed by atoms with Crippen molar-refractivity contribution in [3.8, 4) is 18.1 Å². The smallest absolute Gasteiger partial charge is 0.256 e. The molecule has 6 heteroatoms. The van der Waals surface area contributed by atoms with Gasteiger partial charge in [0.05, 0.1) is 17.8 Å². The third-order valence-electron chi connectivity index (χ3n) is 3.14. The van der Waals surface area contributed by atoms with E-state index in [1.807, 2.05) is 0 Å². The maximum atomic E-state index is 14.3. The molecule has 0 fully saturated rings. The van der Waals surface area contributed by atoms with E-state index < -0.39 is 18.8 Å². The fourth-order valence-electron chi connectivity index (χ4n) is 2.17. The van der Waals surface area contributed by atoms with Gasteiger partial charge in [0.2, 0.25) is 0 Å². The summed E-state index contributed by atoms with van der Waals surface area (Å²) >= 11 is 3.24. The van der Waals surface area contributed by atoms with Crippen molar-refractivity contribution in [3.05, 3.63) is 58.5 Å². The normalized spacial score (nSPS) is 14.4. The number of nitrogens with zero attached hydrogens (tertiary/aromatic N) is 1. The van der Waals surface area contributed by atoms with Gasteiger partial charge in [-0.25, -0.2) is 13.2 Å². The molecule has 0 N–H and O–H groups in total. The van der Waals surface area contributed by atoms with E-state index in [9.17, 15) is 13.2 Å². The van der Waals surface area contributed by atoms with Gasteiger partial charge in [0, 0.05) is 10.2 Å². The van der Waals surface area contributed by atoms with E-state index in [2.05, 4.69) is 28.4 Å². The highest BCUT2D eigenvalue weighted by atomic mass is 79.9. The number of benzene rings is 1. The summed E-state index contributed by atoms with van der Waals surface area (Å²) in [6.07, 6.45) is 5.69. The Kier molecular flexibility index (Phi) is 5.56. The molecule has 0 atom stereocenters. The lowest BCUT2D eigenvalue weighted by Crippen LogP contribution is -2.29. The number of hydrogen-bond acceptors (Lipinski definition) is 2. The zero-order valence-corrected chi connectivity index (χ0v) is 13.6. The summed E-state index contributed by atoms with van der Waals surface area (Å²) in [6, 6.07) is 4.23. The molecule has 1 heterocycles. The second-order valence-corrected chi connectivity index (χ2v) is 5.48. The SMILES string of the molecule is C#CCOc1cccc(F)c1C1=CC=C(Br)C(=C)N1CC(F)F. The van der Waals surface area contributed by atoms with Gasteiger partial charge >= 0.3 is 0 Å². The fourth-order valence-corrected chi connectivity index (χ4v) is 2.52. The van der Waals surface area contributed by atoms with Crippen molar-refractivity contribution in [2.75, 3.05) is 13.2 Å². The molecule has 0 unspecified atom stereocenters. The molecule has 23 heavy (non-hydrogen) atoms. The average Bonchev–Trinajstić information content (AvgIpc) is 2.50. The Morgan fingerprint density at radius 3 is 2.74 bits per heavy atom. The zero-order valence-electron chi connectivity index (χ0n) is 12.0. The largest absolute Gasteiger partial charge is 0.480 e. The molecule has 0 bridgehead atoms. The Morgan fingerprint density at radius 1 is 1.35 bits per heavy atom. The minimum atomic E-state index is -2.62. The van der Waals surface area contributed by atoms with Crippen molar-refractivity contribution in [2.24, 2.45) is 0 Å². The third-order valence-corrected chi connectivity index (χ3v) is 3.86. The predicted octanol–water partition coefficient (Wildman–Crippen LogP) is 4.55. The molecule has 0 saturated heterocycles. The summed E-state index contributed by atoms with van der Waals surface area (Å²) in [5.74, 6) is 1.88. The Balaban J connectivity index is 2.54. The molecule has 0 aliphatic carbocycles. The Morgan fingerprint density at radius 2 is 2.09 bits per heavy atom. The van der Waals surface area contributed by atoms with Gasteiger partial charge in [0.25, 0.3) is 6.43 Å². The first-order chi connectivity index (χ1) is 11.0. The molecule has 1 aliphatic rings. The lowest BCUT2D eigenvalue weighted by molar-refractivity contribution is 0.123. The lowest BCUT2D eigenvalue weighted by atomic mass is 10.0. The number of terminal acetylenes is 1. The van der Waals surface area contributed by atoms with Crippen LogP contribution in [-0.2, 0) is 0 Å². The summed E-state index contributed by atoms with van der Waals surface area (Å²) < 4.78 is 46.1. The van der Waals surface area contributed by atoms with Crippen LogP contribution in [0.3, 0.4) is 0 Å². The maximum Gasteiger partial charge on any atom is 0.256 e. The van der Waals surface area contributed by atoms with Gasteiger partial charge < -0.3 is 9.64 Å². The van der Waals surface area contributed by atoms with Gasteiger partial charge in [-0.3, -0.25) is 0 Å². The topological polar surface area (TPSA) is 12.5 Å². The average molecular weight is 384 g/mol. The fraction of sp³-hybridized carbons (Fsp3) is 0.176. The van der Waals surface area contributed by atoms with Crippen molar-refractivity contribution in [3.63, 3.8) is 0 Å². The zero-order chi connectivity index (χ0) is 17.0. The van der Waals surface area contributed by atoms with Crippen LogP contribution in [0.5, 0.6) is 5.75 Å². The van der Waals surface area contributed by atoms with Crippen LogP contribution in [0.1, 0.15) is 5.56 Å². The minimum absolute atomic E-state index is 0.0565. The summed E-state index contributed by atoms with van der Waals surface area (Å²) in [5, 5.41) is 0. The Bertz CT molecular complexity index is 719. The molecule has 0 aromatic heterocycles. The van der Waals surface area contributed by atoms with Crippen LogP contribution < -0.4 is 4.74 Å². The van der Waals surface area contributed by atoms with E-state index in [-0.39, 0.29) is 23.6 Å². The van der Waals surface area contributed by atoms with Crippen LogP contribution in [-0.4, -0.2) is 24.5 Å². The summed E-state index contributed by atoms with van der Waals surface area (Å²) in [6.45, 7) is 3.10. The van der Waals surface area contributed by atoms with Crippen molar-refractivity contribution >= 4 is 21.6 Å². The van der Waals surface area contributed by atoms with Gasteiger partial charge in [-0.15, -0.1) is 6.42 Å². The molecule has 120 valence electrons. The van der Waals surface area contributed by atoms with E-state index in [0.717, 1.165) is 0 Å². The van der Waals surface area contributed by atoms with Crippen LogP contribution in [0.2, 0.25) is 0 Å². The molecular formula is C17H13BrF3NO. The van der Waals surface area contributed by atoms with Crippen molar-refractivity contribution in [1.82, 2.24) is 4.90 Å². The van der Waals surface area contributed by atoms with Crippen molar-refractivity contribution in [2.45, 2.75) is 6.43 Å². The van der Waals surface area contributed by atoms with Gasteiger partial charge in [-0.2, -0.15) is 0 Å². The van der Waals surface area contributed by atoms with E-state index in [1.165, 1.54) is 29.2 Å². The highest BCUT2D eigenvalue weighted by Gasteiger charge is 2.27. The lowest BCUT2D eigenvalue weighted by Gasteiger charge is -2.32. The molecule has 2 rings (SSSR count). The molecule has 0 saturated carbocycles. The summed E-state index contributed by atoms with van der Waals surface area (Å²) in [5.41, 5.74) is 0.623. The molecule has 0 amide bonds. The standard InChI is InChI=1S/C17H13BrF3NO/c1-3-9-23-15-6-4-5-13(19)17(15)14-8-7-12(18)11(2)22(14)10-16(20)21/h1,4-8,16H,2,9-10H2. The second-order valence-electron chi connectivity index (χ2n) is 4.62. The Hall–Kier alpha value is -2.13. The monoisotopic (exact) mass is 383 g/mol. The third kappa shape index (κ3) is 3.80. The number of hydrogen-bond donors (Lipinski definition) is 0. The van der Waals surface area contributed by atoms with Gasteiger partial charge in [-0.1, -0.05) is 18.6 Å². The number of alkyl halides is 2. The van der Waals surface area contributed by atoms with E-state index in [0.29, 0.717) is 10.2 Å². The first-order valence-corrected chi connectivity index (χ1v) is 7.42. The van der Waals surface area contributed by atoms with Crippen molar-refractivity contribution < 1.29 is 17.9 Å². The molecular weight excluding hydrogens is 371 g/mol. The second kappa shape index (κ2) is 7.42. The van der Waals surface area contributed by atoms with Crippen LogP contribution >= 0.6 is 15.9 Å². The van der Waals surface area contributed by atoms with E-state index >= 15 is 0 Å². The predicted molar refractivity (Wildman–Crippen MR) is 87.6 cm³/mol. The highest BCUT2D eigenvalue weighted by molar-refractivity contribution is 9.12. The number of rotatable bonds is 5. The van der Waals surface area contributed by atoms with Crippen LogP contribution in [0.25, 0.3) is 5.70 Å². The van der Waals surface area contributed by atoms with E-state index in [4.69, 9.17) is 11.2 Å². The first-order valence-electron chi connectivity index (χ1n) is 6.63. The van der Waals surface area contributed by atoms with Gasteiger partial charge in [0.15, 0.2) is 0 Å². The molecule has 1 aromatic rings. The van der Waals surface area contributed by atoms with Crippen molar-refractivity contribution in [1.29, 1.82) is 0 Å². The van der Waals surface area contributed by atoms with Crippen LogP contribution in [0.4, 0.5) is 13.2 Å². The minimum Gasteiger partial charge on any atom is -0.480 e.